The molecule has 1 aromatic carbocycles. The fourth-order valence-electron chi connectivity index (χ4n) is 2.08. The van der Waals surface area contributed by atoms with Gasteiger partial charge in [-0.3, -0.25) is 4.79 Å². The Labute approximate surface area is 135 Å². The van der Waals surface area contributed by atoms with Gasteiger partial charge in [0.2, 0.25) is 0 Å². The molecule has 0 radical (unpaired) electrons. The Hall–Kier alpha value is -2.38. The molecule has 0 unspecified atom stereocenters. The third-order valence-corrected chi connectivity index (χ3v) is 3.12. The van der Waals surface area contributed by atoms with Crippen LogP contribution in [0.3, 0.4) is 0 Å². The summed E-state index contributed by atoms with van der Waals surface area (Å²) >= 11 is 0. The van der Waals surface area contributed by atoms with Crippen LogP contribution in [0.15, 0.2) is 36.4 Å². The summed E-state index contributed by atoms with van der Waals surface area (Å²) in [5, 5.41) is 7.00. The molecule has 0 saturated heterocycles. The zero-order valence-corrected chi connectivity index (χ0v) is 13.4. The number of nitrogens with zero attached hydrogens (tertiary/aromatic N) is 2. The zero-order valence-electron chi connectivity index (χ0n) is 13.4. The average molecular weight is 318 g/mol. The summed E-state index contributed by atoms with van der Waals surface area (Å²) in [4.78, 5) is 12.1. The van der Waals surface area contributed by atoms with Crippen molar-refractivity contribution in [2.75, 3.05) is 24.3 Å². The van der Waals surface area contributed by atoms with E-state index in [0.717, 1.165) is 0 Å². The minimum atomic E-state index is -0.426. The fourth-order valence-corrected chi connectivity index (χ4v) is 2.08. The quantitative estimate of drug-likeness (QED) is 0.727. The van der Waals surface area contributed by atoms with Crippen LogP contribution in [0, 0.1) is 0 Å². The van der Waals surface area contributed by atoms with Crippen LogP contribution in [0.25, 0.3) is 0 Å². The topological polar surface area (TPSA) is 91.4 Å². The number of aromatic nitrogens is 2. The molecule has 0 spiro atoms. The number of hydrogen-bond acceptors (Lipinski definition) is 5. The Morgan fingerprint density at radius 3 is 2.52 bits per heavy atom. The molecule has 0 bridgehead atoms. The van der Waals surface area contributed by atoms with E-state index in [1.807, 2.05) is 19.9 Å². The molecule has 0 saturated carbocycles. The molecule has 2 rings (SSSR count). The van der Waals surface area contributed by atoms with Gasteiger partial charge < -0.3 is 20.5 Å². The molecule has 0 aliphatic carbocycles. The highest BCUT2D eigenvalue weighted by molar-refractivity contribution is 6.03. The van der Waals surface area contributed by atoms with Gasteiger partial charge in [0.1, 0.15) is 5.82 Å². The molecule has 23 heavy (non-hydrogen) atoms. The van der Waals surface area contributed by atoms with Crippen molar-refractivity contribution >= 4 is 17.5 Å². The van der Waals surface area contributed by atoms with Crippen LogP contribution in [-0.4, -0.2) is 35.2 Å². The molecule has 7 nitrogen and oxygen atoms in total. The van der Waals surface area contributed by atoms with Crippen molar-refractivity contribution < 1.29 is 14.3 Å². The molecule has 1 heterocycles. The second-order valence-electron chi connectivity index (χ2n) is 4.80. The van der Waals surface area contributed by atoms with E-state index in [1.54, 1.807) is 35.0 Å². The van der Waals surface area contributed by atoms with E-state index in [0.29, 0.717) is 37.0 Å². The number of nitrogen functional groups attached to an aromatic ring is 1. The van der Waals surface area contributed by atoms with Crippen molar-refractivity contribution in [3.8, 4) is 0 Å². The van der Waals surface area contributed by atoms with Gasteiger partial charge >= 0.3 is 0 Å². The third-order valence-electron chi connectivity index (χ3n) is 3.12. The SMILES string of the molecule is CCOC(Cn1nc(NC(=O)c2ccccc2)cc1N)OCC. The van der Waals surface area contributed by atoms with Gasteiger partial charge in [-0.1, -0.05) is 18.2 Å². The maximum absolute atomic E-state index is 12.1. The van der Waals surface area contributed by atoms with Crippen LogP contribution in [0.4, 0.5) is 11.6 Å². The Morgan fingerprint density at radius 1 is 1.26 bits per heavy atom. The van der Waals surface area contributed by atoms with Crippen LogP contribution in [-0.2, 0) is 16.0 Å². The summed E-state index contributed by atoms with van der Waals surface area (Å²) in [6.07, 6.45) is -0.426. The number of rotatable bonds is 8. The molecular weight excluding hydrogens is 296 g/mol. The van der Waals surface area contributed by atoms with Crippen molar-refractivity contribution in [3.05, 3.63) is 42.0 Å². The van der Waals surface area contributed by atoms with Crippen molar-refractivity contribution in [3.63, 3.8) is 0 Å². The van der Waals surface area contributed by atoms with Gasteiger partial charge in [0, 0.05) is 24.8 Å². The molecule has 124 valence electrons. The smallest absolute Gasteiger partial charge is 0.256 e. The fraction of sp³-hybridized carbons (Fsp3) is 0.375. The van der Waals surface area contributed by atoms with Crippen LogP contribution in [0.2, 0.25) is 0 Å². The summed E-state index contributed by atoms with van der Waals surface area (Å²) in [5.74, 6) is 0.585. The minimum absolute atomic E-state index is 0.235. The molecule has 1 aromatic heterocycles. The molecule has 2 aromatic rings. The lowest BCUT2D eigenvalue weighted by molar-refractivity contribution is -0.144. The van der Waals surface area contributed by atoms with Crippen molar-refractivity contribution in [2.24, 2.45) is 0 Å². The molecule has 1 amide bonds. The highest BCUT2D eigenvalue weighted by atomic mass is 16.7. The molecule has 7 heteroatoms. The van der Waals surface area contributed by atoms with Crippen LogP contribution < -0.4 is 11.1 Å². The lowest BCUT2D eigenvalue weighted by Gasteiger charge is -2.17. The summed E-state index contributed by atoms with van der Waals surface area (Å²) in [6.45, 7) is 5.20. The van der Waals surface area contributed by atoms with Gasteiger partial charge in [-0.2, -0.15) is 5.10 Å². The summed E-state index contributed by atoms with van der Waals surface area (Å²) < 4.78 is 12.5. The summed E-state index contributed by atoms with van der Waals surface area (Å²) in [6, 6.07) is 10.5. The van der Waals surface area contributed by atoms with Gasteiger partial charge in [-0.05, 0) is 26.0 Å². The molecule has 3 N–H and O–H groups in total. The first-order valence-electron chi connectivity index (χ1n) is 7.57. The standard InChI is InChI=1S/C16H22N4O3/c1-3-22-15(23-4-2)11-20-13(17)10-14(19-20)18-16(21)12-8-6-5-7-9-12/h5-10,15H,3-4,11,17H2,1-2H3,(H,18,19,21). The van der Waals surface area contributed by atoms with Crippen LogP contribution >= 0.6 is 0 Å². The van der Waals surface area contributed by atoms with Crippen LogP contribution in [0.1, 0.15) is 24.2 Å². The number of carbonyl (C=O) groups excluding carboxylic acids is 1. The predicted octanol–water partition coefficient (Wildman–Crippen LogP) is 2.12. The maximum Gasteiger partial charge on any atom is 0.256 e. The Morgan fingerprint density at radius 2 is 1.91 bits per heavy atom. The second kappa shape index (κ2) is 8.30. The monoisotopic (exact) mass is 318 g/mol. The van der Waals surface area contributed by atoms with E-state index in [-0.39, 0.29) is 5.91 Å². The highest BCUT2D eigenvalue weighted by Crippen LogP contribution is 2.14. The zero-order chi connectivity index (χ0) is 16.7. The van der Waals surface area contributed by atoms with Gasteiger partial charge in [0.25, 0.3) is 5.91 Å². The van der Waals surface area contributed by atoms with E-state index in [9.17, 15) is 4.79 Å². The first kappa shape index (κ1) is 17.0. The van der Waals surface area contributed by atoms with E-state index >= 15 is 0 Å². The Kier molecular flexibility index (Phi) is 6.13. The molecule has 0 aliphatic rings. The van der Waals surface area contributed by atoms with Gasteiger partial charge in [0.05, 0.1) is 6.54 Å². The largest absolute Gasteiger partial charge is 0.384 e. The third kappa shape index (κ3) is 4.80. The van der Waals surface area contributed by atoms with Gasteiger partial charge in [-0.15, -0.1) is 0 Å². The van der Waals surface area contributed by atoms with E-state index in [4.69, 9.17) is 15.2 Å². The number of amides is 1. The number of benzene rings is 1. The van der Waals surface area contributed by atoms with Crippen LogP contribution in [0.5, 0.6) is 0 Å². The highest BCUT2D eigenvalue weighted by Gasteiger charge is 2.14. The van der Waals surface area contributed by atoms with E-state index in [2.05, 4.69) is 10.4 Å². The molecule has 0 atom stereocenters. The predicted molar refractivity (Wildman–Crippen MR) is 88.1 cm³/mol. The Balaban J connectivity index is 2.04. The lowest BCUT2D eigenvalue weighted by Crippen LogP contribution is -2.25. The van der Waals surface area contributed by atoms with Gasteiger partial charge in [-0.25, -0.2) is 4.68 Å². The number of anilines is 2. The van der Waals surface area contributed by atoms with Crippen molar-refractivity contribution in [2.45, 2.75) is 26.7 Å². The average Bonchev–Trinajstić information content (AvgIpc) is 2.88. The van der Waals surface area contributed by atoms with Gasteiger partial charge in [0.15, 0.2) is 12.1 Å². The number of hydrogen-bond donors (Lipinski definition) is 2. The second-order valence-corrected chi connectivity index (χ2v) is 4.80. The lowest BCUT2D eigenvalue weighted by atomic mass is 10.2. The molecular formula is C16H22N4O3. The maximum atomic E-state index is 12.1. The summed E-state index contributed by atoms with van der Waals surface area (Å²) in [7, 11) is 0. The van der Waals surface area contributed by atoms with Crippen molar-refractivity contribution in [1.82, 2.24) is 9.78 Å². The van der Waals surface area contributed by atoms with E-state index in [1.165, 1.54) is 0 Å². The number of nitrogens with one attached hydrogen (secondary N) is 1. The summed E-state index contributed by atoms with van der Waals surface area (Å²) in [5.41, 5.74) is 6.49. The van der Waals surface area contributed by atoms with Crippen molar-refractivity contribution in [1.29, 1.82) is 0 Å². The first-order chi connectivity index (χ1) is 11.1. The first-order valence-corrected chi connectivity index (χ1v) is 7.57. The normalized spacial score (nSPS) is 10.9. The number of nitrogens with two attached hydrogens (primary N) is 1. The molecule has 0 fully saturated rings. The number of carbonyl (C=O) groups is 1. The Bertz CT molecular complexity index is 622. The minimum Gasteiger partial charge on any atom is -0.384 e. The van der Waals surface area contributed by atoms with E-state index < -0.39 is 6.29 Å². The molecule has 0 aliphatic heterocycles. The number of ether oxygens (including phenoxy) is 2.